The molecule has 2 unspecified atom stereocenters. The second-order valence-corrected chi connectivity index (χ2v) is 26.0. The van der Waals surface area contributed by atoms with E-state index in [0.717, 1.165) is 51.4 Å². The number of hydrogen-bond acceptors (Lipinski definition) is 5. The minimum Gasteiger partial charge on any atom is -0.466 e. The number of esters is 1. The van der Waals surface area contributed by atoms with E-state index in [1.54, 1.807) is 0 Å². The molecule has 1 amide bonds. The maximum absolute atomic E-state index is 12.5. The average Bonchev–Trinajstić information content (AvgIpc) is 3.49. The van der Waals surface area contributed by atoms with E-state index in [-0.39, 0.29) is 18.5 Å². The number of aliphatic hydroxyl groups excluding tert-OH is 2. The third kappa shape index (κ3) is 69.1. The zero-order chi connectivity index (χ0) is 59.9. The van der Waals surface area contributed by atoms with Crippen molar-refractivity contribution in [3.05, 3.63) is 36.5 Å². The molecule has 0 aromatic carbocycles. The van der Waals surface area contributed by atoms with Gasteiger partial charge in [-0.25, -0.2) is 0 Å². The molecule has 490 valence electrons. The lowest BCUT2D eigenvalue weighted by atomic mass is 10.0. The van der Waals surface area contributed by atoms with E-state index >= 15 is 0 Å². The summed E-state index contributed by atoms with van der Waals surface area (Å²) in [4.78, 5) is 24.7. The van der Waals surface area contributed by atoms with E-state index < -0.39 is 12.1 Å². The van der Waals surface area contributed by atoms with Gasteiger partial charge in [0.1, 0.15) is 0 Å². The minimum atomic E-state index is -0.665. The number of carbonyl (C=O) groups excluding carboxylic acids is 2. The summed E-state index contributed by atoms with van der Waals surface area (Å²) >= 11 is 0. The molecule has 0 radical (unpaired) electrons. The number of hydrogen-bond donors (Lipinski definition) is 3. The summed E-state index contributed by atoms with van der Waals surface area (Å²) in [6.07, 6.45) is 93.5. The largest absolute Gasteiger partial charge is 0.466 e. The Morgan fingerprint density at radius 3 is 0.940 bits per heavy atom. The Kier molecular flexibility index (Phi) is 70.9. The second-order valence-electron chi connectivity index (χ2n) is 26.0. The highest BCUT2D eigenvalue weighted by Gasteiger charge is 2.20. The third-order valence-corrected chi connectivity index (χ3v) is 17.7. The van der Waals surface area contributed by atoms with Crippen molar-refractivity contribution in [2.75, 3.05) is 13.2 Å². The van der Waals surface area contributed by atoms with Gasteiger partial charge in [-0.05, 0) is 83.5 Å². The van der Waals surface area contributed by atoms with E-state index in [1.165, 1.54) is 334 Å². The van der Waals surface area contributed by atoms with Crippen LogP contribution in [-0.4, -0.2) is 47.4 Å². The van der Waals surface area contributed by atoms with Gasteiger partial charge >= 0.3 is 5.97 Å². The molecule has 83 heavy (non-hydrogen) atoms. The molecular formula is C77H147NO5. The predicted molar refractivity (Wildman–Crippen MR) is 366 cm³/mol. The van der Waals surface area contributed by atoms with Gasteiger partial charge in [0.05, 0.1) is 25.4 Å². The fourth-order valence-electron chi connectivity index (χ4n) is 11.9. The van der Waals surface area contributed by atoms with E-state index in [9.17, 15) is 19.8 Å². The first-order valence-electron chi connectivity index (χ1n) is 37.7. The van der Waals surface area contributed by atoms with Crippen molar-refractivity contribution < 1.29 is 24.5 Å². The van der Waals surface area contributed by atoms with Gasteiger partial charge in [0.25, 0.3) is 0 Å². The van der Waals surface area contributed by atoms with Gasteiger partial charge in [-0.3, -0.25) is 9.59 Å². The zero-order valence-corrected chi connectivity index (χ0v) is 56.2. The van der Waals surface area contributed by atoms with Crippen molar-refractivity contribution >= 4 is 11.9 Å². The monoisotopic (exact) mass is 1170 g/mol. The molecule has 0 bridgehead atoms. The van der Waals surface area contributed by atoms with Crippen molar-refractivity contribution in [3.8, 4) is 0 Å². The van der Waals surface area contributed by atoms with Crippen molar-refractivity contribution in [1.82, 2.24) is 5.32 Å². The summed E-state index contributed by atoms with van der Waals surface area (Å²) in [6, 6.07) is -0.542. The number of rotatable bonds is 71. The van der Waals surface area contributed by atoms with Crippen LogP contribution in [0.4, 0.5) is 0 Å². The molecule has 3 N–H and O–H groups in total. The number of amides is 1. The molecule has 6 heteroatoms. The molecule has 0 aliphatic rings. The predicted octanol–water partition coefficient (Wildman–Crippen LogP) is 24.7. The summed E-state index contributed by atoms with van der Waals surface area (Å²) in [7, 11) is 0. The average molecular weight is 1170 g/mol. The minimum absolute atomic E-state index is 0.00983. The molecule has 2 atom stereocenters. The Balaban J connectivity index is 3.37. The first-order valence-corrected chi connectivity index (χ1v) is 37.7. The molecule has 0 fully saturated rings. The molecule has 0 aliphatic carbocycles. The number of nitrogens with one attached hydrogen (secondary N) is 1. The van der Waals surface area contributed by atoms with Crippen LogP contribution in [0.15, 0.2) is 36.5 Å². The van der Waals surface area contributed by atoms with E-state index in [4.69, 9.17) is 4.74 Å². The maximum atomic E-state index is 12.5. The van der Waals surface area contributed by atoms with Crippen molar-refractivity contribution in [2.45, 2.75) is 431 Å². The maximum Gasteiger partial charge on any atom is 0.305 e. The third-order valence-electron chi connectivity index (χ3n) is 17.7. The van der Waals surface area contributed by atoms with Crippen molar-refractivity contribution in [3.63, 3.8) is 0 Å². The Bertz CT molecular complexity index is 1340. The number of allylic oxidation sites excluding steroid dienone is 6. The lowest BCUT2D eigenvalue weighted by Crippen LogP contribution is -2.45. The van der Waals surface area contributed by atoms with Crippen LogP contribution in [0.25, 0.3) is 0 Å². The SMILES string of the molecule is CCCCCC/C=C\C/C=C\CCCCCCCCCC(=O)OCCCCCCCCCCCCCC/C=C\CCCCCCCCCCCCCCCC(=O)NC(CO)C(O)CCCCCCCCCCCCCCCCCCCCC. The van der Waals surface area contributed by atoms with Crippen LogP contribution in [0, 0.1) is 0 Å². The lowest BCUT2D eigenvalue weighted by Gasteiger charge is -2.22. The molecule has 6 nitrogen and oxygen atoms in total. The van der Waals surface area contributed by atoms with E-state index in [0.29, 0.717) is 25.9 Å². The van der Waals surface area contributed by atoms with Gasteiger partial charge < -0.3 is 20.3 Å². The van der Waals surface area contributed by atoms with Crippen LogP contribution >= 0.6 is 0 Å². The number of aliphatic hydroxyl groups is 2. The standard InChI is InChI=1S/C77H147NO5/c1-3-5-7-9-11-13-15-17-19-21-34-37-41-45-49-53-57-61-65-69-75(80)74(73-79)78-76(81)70-66-62-58-54-50-46-42-38-35-32-30-28-26-24-23-25-27-29-31-33-36-40-44-48-52-56-60-64-68-72-83-77(82)71-67-63-59-55-51-47-43-39-22-20-18-16-14-12-10-8-6-4-2/h14,16,20,22-23,25,74-75,79-80H,3-13,15,17-19,21,24,26-73H2,1-2H3,(H,78,81)/b16-14-,22-20-,25-23-. The smallest absolute Gasteiger partial charge is 0.305 e. The van der Waals surface area contributed by atoms with Gasteiger partial charge in [0, 0.05) is 12.8 Å². The normalized spacial score (nSPS) is 12.7. The highest BCUT2D eigenvalue weighted by atomic mass is 16.5. The Hall–Kier alpha value is -1.92. The number of ether oxygens (including phenoxy) is 1. The number of unbranched alkanes of at least 4 members (excludes halogenated alkanes) is 54. The Morgan fingerprint density at radius 2 is 0.602 bits per heavy atom. The second kappa shape index (κ2) is 72.6. The summed E-state index contributed by atoms with van der Waals surface area (Å²) < 4.78 is 5.50. The molecule has 0 saturated heterocycles. The van der Waals surface area contributed by atoms with Crippen LogP contribution in [-0.2, 0) is 14.3 Å². The molecule has 0 spiro atoms. The van der Waals surface area contributed by atoms with Crippen molar-refractivity contribution in [1.29, 1.82) is 0 Å². The highest BCUT2D eigenvalue weighted by Crippen LogP contribution is 2.19. The fourth-order valence-corrected chi connectivity index (χ4v) is 11.9. The molecule has 0 aliphatic heterocycles. The van der Waals surface area contributed by atoms with Gasteiger partial charge in [0.15, 0.2) is 0 Å². The summed E-state index contributed by atoms with van der Waals surface area (Å²) in [5.41, 5.74) is 0. The van der Waals surface area contributed by atoms with Crippen LogP contribution in [0.1, 0.15) is 418 Å². The lowest BCUT2D eigenvalue weighted by molar-refractivity contribution is -0.143. The van der Waals surface area contributed by atoms with Crippen LogP contribution in [0.5, 0.6) is 0 Å². The molecule has 0 saturated carbocycles. The highest BCUT2D eigenvalue weighted by molar-refractivity contribution is 5.76. The summed E-state index contributed by atoms with van der Waals surface area (Å²) in [6.45, 7) is 4.97. The Morgan fingerprint density at radius 1 is 0.337 bits per heavy atom. The van der Waals surface area contributed by atoms with Crippen LogP contribution in [0.2, 0.25) is 0 Å². The zero-order valence-electron chi connectivity index (χ0n) is 56.2. The first kappa shape index (κ1) is 81.1. The molecule has 0 rings (SSSR count). The molecule has 0 aromatic heterocycles. The van der Waals surface area contributed by atoms with Gasteiger partial charge in [-0.2, -0.15) is 0 Å². The van der Waals surface area contributed by atoms with Crippen LogP contribution < -0.4 is 5.32 Å². The first-order chi connectivity index (χ1) is 41.0. The quantitative estimate of drug-likeness (QED) is 0.0320. The van der Waals surface area contributed by atoms with E-state index in [2.05, 4.69) is 55.6 Å². The van der Waals surface area contributed by atoms with Gasteiger partial charge in [-0.1, -0.05) is 359 Å². The molecular weight excluding hydrogens is 1020 g/mol. The Labute approximate surface area is 519 Å². The topological polar surface area (TPSA) is 95.9 Å². The fraction of sp³-hybridized carbons (Fsp3) is 0.896. The molecule has 0 aromatic rings. The summed E-state index contributed by atoms with van der Waals surface area (Å²) in [5.74, 6) is -0.0203. The summed E-state index contributed by atoms with van der Waals surface area (Å²) in [5, 5.41) is 23.4. The van der Waals surface area contributed by atoms with Gasteiger partial charge in [-0.15, -0.1) is 0 Å². The van der Waals surface area contributed by atoms with E-state index in [1.807, 2.05) is 0 Å². The number of carbonyl (C=O) groups is 2. The molecule has 0 heterocycles. The van der Waals surface area contributed by atoms with Crippen LogP contribution in [0.3, 0.4) is 0 Å². The van der Waals surface area contributed by atoms with Gasteiger partial charge in [0.2, 0.25) is 5.91 Å². The van der Waals surface area contributed by atoms with Crippen molar-refractivity contribution in [2.24, 2.45) is 0 Å².